The molecule has 1 aromatic rings. The highest BCUT2D eigenvalue weighted by Gasteiger charge is 2.13. The van der Waals surface area contributed by atoms with Gasteiger partial charge in [-0.15, -0.1) is 0 Å². The molecule has 84 valence electrons. The van der Waals surface area contributed by atoms with Crippen molar-refractivity contribution in [3.63, 3.8) is 0 Å². The lowest BCUT2D eigenvalue weighted by Gasteiger charge is -2.05. The predicted molar refractivity (Wildman–Crippen MR) is 55.7 cm³/mol. The molecule has 1 aromatic heterocycles. The van der Waals surface area contributed by atoms with E-state index in [1.807, 2.05) is 0 Å². The molecule has 0 bridgehead atoms. The quantitative estimate of drug-likeness (QED) is 0.672. The minimum Gasteiger partial charge on any atom is -0.397 e. The van der Waals surface area contributed by atoms with Gasteiger partial charge < -0.3 is 10.5 Å². The number of anilines is 1. The lowest BCUT2D eigenvalue weighted by Crippen LogP contribution is -2.27. The Kier molecular flexibility index (Phi) is 4.01. The maximum Gasteiger partial charge on any atom is 0.258 e. The third kappa shape index (κ3) is 3.46. The van der Waals surface area contributed by atoms with Crippen LogP contribution in [0.2, 0.25) is 0 Å². The number of nitrogens with zero attached hydrogens (tertiary/aromatic N) is 1. The van der Waals surface area contributed by atoms with Crippen molar-refractivity contribution in [2.24, 2.45) is 0 Å². The van der Waals surface area contributed by atoms with E-state index in [2.05, 4.69) is 9.71 Å². The van der Waals surface area contributed by atoms with E-state index in [0.29, 0.717) is 12.3 Å². The number of methoxy groups -OCH3 is 1. The Hall–Kier alpha value is -1.18. The van der Waals surface area contributed by atoms with E-state index >= 15 is 0 Å². The summed E-state index contributed by atoms with van der Waals surface area (Å²) in [5.41, 5.74) is 5.82. The van der Waals surface area contributed by atoms with E-state index < -0.39 is 10.0 Å². The SMILES string of the molecule is COCCNS(=O)(=O)c1ccc(N)cn1. The number of nitrogen functional groups attached to an aromatic ring is 1. The summed E-state index contributed by atoms with van der Waals surface area (Å²) in [6.45, 7) is 0.527. The average molecular weight is 231 g/mol. The number of hydrogen-bond acceptors (Lipinski definition) is 5. The zero-order chi connectivity index (χ0) is 11.3. The number of sulfonamides is 1. The Labute approximate surface area is 88.5 Å². The third-order valence-electron chi connectivity index (χ3n) is 1.63. The molecule has 1 heterocycles. The number of ether oxygens (including phenoxy) is 1. The van der Waals surface area contributed by atoms with Crippen molar-refractivity contribution in [1.29, 1.82) is 0 Å². The number of nitrogens with one attached hydrogen (secondary N) is 1. The Bertz CT molecular complexity index is 402. The first-order valence-corrected chi connectivity index (χ1v) is 5.75. The van der Waals surface area contributed by atoms with Gasteiger partial charge in [0.25, 0.3) is 10.0 Å². The van der Waals surface area contributed by atoms with Crippen molar-refractivity contribution < 1.29 is 13.2 Å². The van der Waals surface area contributed by atoms with Gasteiger partial charge in [-0.2, -0.15) is 0 Å². The highest BCUT2D eigenvalue weighted by molar-refractivity contribution is 7.89. The van der Waals surface area contributed by atoms with Crippen molar-refractivity contribution in [2.45, 2.75) is 5.03 Å². The summed E-state index contributed by atoms with van der Waals surface area (Å²) in [7, 11) is -2.05. The first kappa shape index (κ1) is 11.9. The van der Waals surface area contributed by atoms with Crippen LogP contribution in [0.4, 0.5) is 5.69 Å². The highest BCUT2D eigenvalue weighted by atomic mass is 32.2. The van der Waals surface area contributed by atoms with Gasteiger partial charge in [0, 0.05) is 13.7 Å². The monoisotopic (exact) mass is 231 g/mol. The zero-order valence-corrected chi connectivity index (χ0v) is 9.12. The second-order valence-corrected chi connectivity index (χ2v) is 4.53. The second kappa shape index (κ2) is 5.06. The summed E-state index contributed by atoms with van der Waals surface area (Å²) in [5, 5.41) is -0.0483. The molecule has 0 saturated heterocycles. The lowest BCUT2D eigenvalue weighted by molar-refractivity contribution is 0.204. The maximum absolute atomic E-state index is 11.5. The van der Waals surface area contributed by atoms with Gasteiger partial charge in [0.15, 0.2) is 5.03 Å². The smallest absolute Gasteiger partial charge is 0.258 e. The van der Waals surface area contributed by atoms with Crippen molar-refractivity contribution in [1.82, 2.24) is 9.71 Å². The van der Waals surface area contributed by atoms with Gasteiger partial charge in [-0.25, -0.2) is 18.1 Å². The number of nitrogens with two attached hydrogens (primary N) is 1. The number of pyridine rings is 1. The van der Waals surface area contributed by atoms with Crippen LogP contribution in [0.3, 0.4) is 0 Å². The van der Waals surface area contributed by atoms with Crippen LogP contribution in [-0.4, -0.2) is 33.7 Å². The molecule has 0 fully saturated rings. The topological polar surface area (TPSA) is 94.3 Å². The average Bonchev–Trinajstić information content (AvgIpc) is 2.18. The summed E-state index contributed by atoms with van der Waals surface area (Å²) in [6.07, 6.45) is 1.30. The first-order chi connectivity index (χ1) is 7.06. The number of aromatic nitrogens is 1. The molecule has 6 nitrogen and oxygen atoms in total. The molecule has 0 aliphatic carbocycles. The maximum atomic E-state index is 11.5. The number of hydrogen-bond donors (Lipinski definition) is 2. The van der Waals surface area contributed by atoms with E-state index in [1.165, 1.54) is 25.4 Å². The van der Waals surface area contributed by atoms with E-state index in [4.69, 9.17) is 10.5 Å². The zero-order valence-electron chi connectivity index (χ0n) is 8.30. The number of rotatable bonds is 5. The largest absolute Gasteiger partial charge is 0.397 e. The second-order valence-electron chi connectivity index (χ2n) is 2.82. The van der Waals surface area contributed by atoms with Gasteiger partial charge in [-0.05, 0) is 12.1 Å². The molecule has 0 aliphatic rings. The highest BCUT2D eigenvalue weighted by Crippen LogP contribution is 2.06. The lowest BCUT2D eigenvalue weighted by atomic mass is 10.4. The van der Waals surface area contributed by atoms with E-state index in [9.17, 15) is 8.42 Å². The molecule has 0 aromatic carbocycles. The van der Waals surface area contributed by atoms with Crippen LogP contribution < -0.4 is 10.5 Å². The molecule has 0 spiro atoms. The fourth-order valence-electron chi connectivity index (χ4n) is 0.903. The van der Waals surface area contributed by atoms with Crippen LogP contribution in [0.1, 0.15) is 0 Å². The molecule has 0 atom stereocenters. The summed E-state index contributed by atoms with van der Waals surface area (Å²) in [4.78, 5) is 3.71. The minimum absolute atomic E-state index is 0.0483. The van der Waals surface area contributed by atoms with E-state index in [0.717, 1.165) is 0 Å². The molecular formula is C8H13N3O3S. The van der Waals surface area contributed by atoms with Crippen molar-refractivity contribution in [3.8, 4) is 0 Å². The first-order valence-electron chi connectivity index (χ1n) is 4.26. The Balaban J connectivity index is 2.73. The molecule has 7 heteroatoms. The predicted octanol–water partition coefficient (Wildman–Crippen LogP) is -0.412. The summed E-state index contributed by atoms with van der Waals surface area (Å²) in [6, 6.07) is 2.84. The van der Waals surface area contributed by atoms with Gasteiger partial charge in [0.05, 0.1) is 18.5 Å². The molecule has 1 rings (SSSR count). The Morgan fingerprint density at radius 1 is 1.53 bits per heavy atom. The third-order valence-corrected chi connectivity index (χ3v) is 3.01. The van der Waals surface area contributed by atoms with Gasteiger partial charge in [-0.3, -0.25) is 0 Å². The van der Waals surface area contributed by atoms with Gasteiger partial charge in [-0.1, -0.05) is 0 Å². The van der Waals surface area contributed by atoms with Crippen molar-refractivity contribution in [2.75, 3.05) is 26.0 Å². The Morgan fingerprint density at radius 3 is 2.80 bits per heavy atom. The summed E-state index contributed by atoms with van der Waals surface area (Å²) >= 11 is 0. The van der Waals surface area contributed by atoms with E-state index in [1.54, 1.807) is 0 Å². The minimum atomic E-state index is -3.55. The van der Waals surface area contributed by atoms with Crippen molar-refractivity contribution >= 4 is 15.7 Å². The van der Waals surface area contributed by atoms with E-state index in [-0.39, 0.29) is 11.6 Å². The van der Waals surface area contributed by atoms with Crippen LogP contribution in [0.15, 0.2) is 23.4 Å². The van der Waals surface area contributed by atoms with Crippen molar-refractivity contribution in [3.05, 3.63) is 18.3 Å². The molecular weight excluding hydrogens is 218 g/mol. The standard InChI is InChI=1S/C8H13N3O3S/c1-14-5-4-11-15(12,13)8-3-2-7(9)6-10-8/h2-3,6,11H,4-5,9H2,1H3. The van der Waals surface area contributed by atoms with Gasteiger partial charge >= 0.3 is 0 Å². The molecule has 15 heavy (non-hydrogen) atoms. The Morgan fingerprint density at radius 2 is 2.27 bits per heavy atom. The summed E-state index contributed by atoms with van der Waals surface area (Å²) < 4.78 is 30.2. The fraction of sp³-hybridized carbons (Fsp3) is 0.375. The summed E-state index contributed by atoms with van der Waals surface area (Å²) in [5.74, 6) is 0. The van der Waals surface area contributed by atoms with Gasteiger partial charge in [0.1, 0.15) is 0 Å². The normalized spacial score (nSPS) is 11.5. The molecule has 0 unspecified atom stereocenters. The van der Waals surface area contributed by atoms with Crippen LogP contribution in [0.5, 0.6) is 0 Å². The van der Waals surface area contributed by atoms with Crippen LogP contribution in [0.25, 0.3) is 0 Å². The van der Waals surface area contributed by atoms with Crippen LogP contribution in [0, 0.1) is 0 Å². The molecule has 0 amide bonds. The van der Waals surface area contributed by atoms with Gasteiger partial charge in [0.2, 0.25) is 0 Å². The molecule has 0 saturated carbocycles. The molecule has 0 aliphatic heterocycles. The molecule has 3 N–H and O–H groups in total. The van der Waals surface area contributed by atoms with Crippen LogP contribution in [-0.2, 0) is 14.8 Å². The van der Waals surface area contributed by atoms with Crippen LogP contribution >= 0.6 is 0 Å². The molecule has 0 radical (unpaired) electrons. The fourth-order valence-corrected chi connectivity index (χ4v) is 1.84.